The van der Waals surface area contributed by atoms with E-state index < -0.39 is 35.6 Å². The summed E-state index contributed by atoms with van der Waals surface area (Å²) < 4.78 is 18.7. The number of halogens is 1. The molecule has 0 radical (unpaired) electrons. The quantitative estimate of drug-likeness (QED) is 0.758. The topological polar surface area (TPSA) is 105 Å². The Balaban J connectivity index is 1.80. The van der Waals surface area contributed by atoms with Crippen molar-refractivity contribution in [2.75, 3.05) is 18.5 Å². The summed E-state index contributed by atoms with van der Waals surface area (Å²) in [6.07, 6.45) is 1.26. The van der Waals surface area contributed by atoms with Crippen LogP contribution in [-0.4, -0.2) is 42.1 Å². The molecular formula is C17H19FN2O5. The number of carbonyl (C=O) groups is 3. The van der Waals surface area contributed by atoms with Crippen LogP contribution in [-0.2, 0) is 19.1 Å². The van der Waals surface area contributed by atoms with Gasteiger partial charge in [0.2, 0.25) is 11.8 Å². The third-order valence-corrected chi connectivity index (χ3v) is 4.60. The Labute approximate surface area is 143 Å². The zero-order valence-electron chi connectivity index (χ0n) is 13.5. The van der Waals surface area contributed by atoms with Crippen molar-refractivity contribution in [3.05, 3.63) is 29.6 Å². The monoisotopic (exact) mass is 350 g/mol. The molecule has 0 spiro atoms. The number of hydrogen-bond donors (Lipinski definition) is 3. The van der Waals surface area contributed by atoms with Gasteiger partial charge >= 0.3 is 5.97 Å². The fraction of sp³-hybridized carbons (Fsp3) is 0.471. The van der Waals surface area contributed by atoms with E-state index >= 15 is 0 Å². The SMILES string of the molecule is O=C1CC(C(=O)NC(C(=O)O)C2CCCOC2)c2ccc(F)cc2N1. The second-order valence-electron chi connectivity index (χ2n) is 6.34. The van der Waals surface area contributed by atoms with Gasteiger partial charge in [-0.3, -0.25) is 9.59 Å². The Morgan fingerprint density at radius 2 is 2.20 bits per heavy atom. The molecule has 3 unspecified atom stereocenters. The van der Waals surface area contributed by atoms with Crippen molar-refractivity contribution in [1.29, 1.82) is 0 Å². The summed E-state index contributed by atoms with van der Waals surface area (Å²) in [5, 5.41) is 14.5. The highest BCUT2D eigenvalue weighted by molar-refractivity contribution is 6.01. The minimum atomic E-state index is -1.14. The Kier molecular flexibility index (Phi) is 4.98. The minimum Gasteiger partial charge on any atom is -0.480 e. The first-order valence-corrected chi connectivity index (χ1v) is 8.16. The van der Waals surface area contributed by atoms with E-state index in [0.717, 1.165) is 12.5 Å². The molecule has 1 saturated heterocycles. The molecule has 8 heteroatoms. The lowest BCUT2D eigenvalue weighted by Gasteiger charge is -2.30. The molecule has 1 aromatic rings. The highest BCUT2D eigenvalue weighted by Crippen LogP contribution is 2.33. The molecule has 0 bridgehead atoms. The highest BCUT2D eigenvalue weighted by Gasteiger charge is 2.36. The predicted molar refractivity (Wildman–Crippen MR) is 85.5 cm³/mol. The van der Waals surface area contributed by atoms with Crippen LogP contribution >= 0.6 is 0 Å². The van der Waals surface area contributed by atoms with Gasteiger partial charge in [-0.2, -0.15) is 0 Å². The van der Waals surface area contributed by atoms with Crippen LogP contribution in [0.1, 0.15) is 30.7 Å². The first-order chi connectivity index (χ1) is 12.0. The molecule has 0 aromatic heterocycles. The lowest BCUT2D eigenvalue weighted by molar-refractivity contribution is -0.145. The van der Waals surface area contributed by atoms with Crippen LogP contribution in [0.2, 0.25) is 0 Å². The number of rotatable bonds is 4. The number of carbonyl (C=O) groups excluding carboxylic acids is 2. The smallest absolute Gasteiger partial charge is 0.326 e. The average molecular weight is 350 g/mol. The van der Waals surface area contributed by atoms with Crippen LogP contribution in [0, 0.1) is 11.7 Å². The van der Waals surface area contributed by atoms with Crippen molar-refractivity contribution in [1.82, 2.24) is 5.32 Å². The maximum absolute atomic E-state index is 13.4. The second-order valence-corrected chi connectivity index (χ2v) is 6.34. The molecule has 0 saturated carbocycles. The molecule has 1 fully saturated rings. The maximum atomic E-state index is 13.4. The molecule has 2 aliphatic rings. The molecule has 1 aromatic carbocycles. The number of aliphatic carboxylic acids is 1. The fourth-order valence-corrected chi connectivity index (χ4v) is 3.33. The molecule has 134 valence electrons. The zero-order valence-corrected chi connectivity index (χ0v) is 13.5. The number of ether oxygens (including phenoxy) is 1. The molecule has 0 aliphatic carbocycles. The molecule has 3 rings (SSSR count). The third kappa shape index (κ3) is 3.79. The number of fused-ring (bicyclic) bond motifs is 1. The first kappa shape index (κ1) is 17.3. The van der Waals surface area contributed by atoms with Crippen molar-refractivity contribution in [2.45, 2.75) is 31.2 Å². The van der Waals surface area contributed by atoms with Gasteiger partial charge in [-0.15, -0.1) is 0 Å². The Morgan fingerprint density at radius 3 is 2.88 bits per heavy atom. The third-order valence-electron chi connectivity index (χ3n) is 4.60. The zero-order chi connectivity index (χ0) is 18.0. The summed E-state index contributed by atoms with van der Waals surface area (Å²) in [7, 11) is 0. The normalized spacial score (nSPS) is 24.0. The molecule has 2 heterocycles. The standard InChI is InChI=1S/C17H19FN2O5/c18-10-3-4-11-12(7-14(21)19-13(11)6-10)16(22)20-15(17(23)24)9-2-1-5-25-8-9/h3-4,6,9,12,15H,1-2,5,7-8H2,(H,19,21)(H,20,22)(H,23,24). The molecule has 3 atom stereocenters. The summed E-state index contributed by atoms with van der Waals surface area (Å²) in [6, 6.07) is 2.71. The number of anilines is 1. The summed E-state index contributed by atoms with van der Waals surface area (Å²) in [6.45, 7) is 0.850. The number of nitrogens with one attached hydrogen (secondary N) is 2. The Morgan fingerprint density at radius 1 is 1.40 bits per heavy atom. The average Bonchev–Trinajstić information content (AvgIpc) is 2.58. The molecule has 2 aliphatic heterocycles. The van der Waals surface area contributed by atoms with Crippen LogP contribution in [0.15, 0.2) is 18.2 Å². The van der Waals surface area contributed by atoms with Crippen molar-refractivity contribution in [3.63, 3.8) is 0 Å². The molecule has 25 heavy (non-hydrogen) atoms. The molecular weight excluding hydrogens is 331 g/mol. The van der Waals surface area contributed by atoms with E-state index in [4.69, 9.17) is 4.74 Å². The first-order valence-electron chi connectivity index (χ1n) is 8.16. The maximum Gasteiger partial charge on any atom is 0.326 e. The van der Waals surface area contributed by atoms with Crippen LogP contribution < -0.4 is 10.6 Å². The Hall–Kier alpha value is -2.48. The largest absolute Gasteiger partial charge is 0.480 e. The van der Waals surface area contributed by atoms with E-state index in [-0.39, 0.29) is 24.6 Å². The number of carboxylic acid groups (broad SMARTS) is 1. The molecule has 7 nitrogen and oxygen atoms in total. The Bertz CT molecular complexity index is 702. The summed E-state index contributed by atoms with van der Waals surface area (Å²) in [4.78, 5) is 36.1. The van der Waals surface area contributed by atoms with Gasteiger partial charge in [-0.05, 0) is 30.5 Å². The van der Waals surface area contributed by atoms with Crippen LogP contribution in [0.4, 0.5) is 10.1 Å². The summed E-state index contributed by atoms with van der Waals surface area (Å²) >= 11 is 0. The van der Waals surface area contributed by atoms with E-state index in [0.29, 0.717) is 18.6 Å². The van der Waals surface area contributed by atoms with Crippen molar-refractivity contribution < 1.29 is 28.6 Å². The van der Waals surface area contributed by atoms with Gasteiger partial charge in [0.1, 0.15) is 11.9 Å². The van der Waals surface area contributed by atoms with E-state index in [1.54, 1.807) is 0 Å². The minimum absolute atomic E-state index is 0.113. The lowest BCUT2D eigenvalue weighted by Crippen LogP contribution is -2.50. The van der Waals surface area contributed by atoms with Gasteiger partial charge < -0.3 is 20.5 Å². The van der Waals surface area contributed by atoms with Crippen molar-refractivity contribution >= 4 is 23.5 Å². The van der Waals surface area contributed by atoms with Crippen molar-refractivity contribution in [2.24, 2.45) is 5.92 Å². The molecule has 3 N–H and O–H groups in total. The number of benzene rings is 1. The van der Waals surface area contributed by atoms with Gasteiger partial charge in [0, 0.05) is 24.6 Å². The molecule has 2 amide bonds. The van der Waals surface area contributed by atoms with Gasteiger partial charge in [-0.25, -0.2) is 9.18 Å². The van der Waals surface area contributed by atoms with Crippen LogP contribution in [0.5, 0.6) is 0 Å². The van der Waals surface area contributed by atoms with Gasteiger partial charge in [0.05, 0.1) is 12.5 Å². The fourth-order valence-electron chi connectivity index (χ4n) is 3.33. The summed E-state index contributed by atoms with van der Waals surface area (Å²) in [5.41, 5.74) is 0.715. The van der Waals surface area contributed by atoms with E-state index in [1.807, 2.05) is 0 Å². The lowest BCUT2D eigenvalue weighted by atomic mass is 9.88. The van der Waals surface area contributed by atoms with Gasteiger partial charge in [-0.1, -0.05) is 6.07 Å². The van der Waals surface area contributed by atoms with Gasteiger partial charge in [0.25, 0.3) is 0 Å². The van der Waals surface area contributed by atoms with E-state index in [2.05, 4.69) is 10.6 Å². The van der Waals surface area contributed by atoms with E-state index in [1.165, 1.54) is 12.1 Å². The van der Waals surface area contributed by atoms with E-state index in [9.17, 15) is 23.9 Å². The predicted octanol–water partition coefficient (Wildman–Crippen LogP) is 1.25. The van der Waals surface area contributed by atoms with Crippen molar-refractivity contribution in [3.8, 4) is 0 Å². The number of hydrogen-bond acceptors (Lipinski definition) is 4. The summed E-state index contributed by atoms with van der Waals surface area (Å²) in [5.74, 6) is -3.80. The highest BCUT2D eigenvalue weighted by atomic mass is 19.1. The number of amides is 2. The number of carboxylic acids is 1. The van der Waals surface area contributed by atoms with Crippen LogP contribution in [0.25, 0.3) is 0 Å². The van der Waals surface area contributed by atoms with Crippen LogP contribution in [0.3, 0.4) is 0 Å². The van der Waals surface area contributed by atoms with Gasteiger partial charge in [0.15, 0.2) is 0 Å². The second kappa shape index (κ2) is 7.18.